The van der Waals surface area contributed by atoms with Crippen molar-refractivity contribution in [1.82, 2.24) is 0 Å². The van der Waals surface area contributed by atoms with Gasteiger partial charge < -0.3 is 0 Å². The van der Waals surface area contributed by atoms with Crippen LogP contribution in [0, 0.1) is 13.8 Å². The average molecular weight is 791 g/mol. The van der Waals surface area contributed by atoms with E-state index in [0.717, 1.165) is 74.2 Å². The maximum Gasteiger partial charge on any atom is 0.129 e. The molecular weight excluding hydrogens is 764 g/mol. The fraction of sp³-hybridized carbons (Fsp3) is 0.111. The van der Waals surface area contributed by atoms with Crippen LogP contribution >= 0.6 is 71.3 Å². The first kappa shape index (κ1) is 30.6. The fourth-order valence-corrected chi connectivity index (χ4v) is 9.36. The van der Waals surface area contributed by atoms with E-state index in [1.54, 1.807) is 23.5 Å². The SMILES string of the molecule is Cc1ccc(-c2cc(-c3ccccc3)cc(-c3ccc(C)cc3)c2N=C2SCCSC2=Nc2c(Br)cc(Br)cc2Br)cc1. The topological polar surface area (TPSA) is 24.7 Å². The monoisotopic (exact) mass is 788 g/mol. The Morgan fingerprint density at radius 3 is 1.47 bits per heavy atom. The van der Waals surface area contributed by atoms with Crippen LogP contribution in [0.2, 0.25) is 0 Å². The first-order valence-corrected chi connectivity index (χ1v) is 18.2. The quantitative estimate of drug-likeness (QED) is 0.177. The molecule has 1 aliphatic rings. The number of benzene rings is 5. The summed E-state index contributed by atoms with van der Waals surface area (Å²) in [4.78, 5) is 10.6. The summed E-state index contributed by atoms with van der Waals surface area (Å²) in [5.74, 6) is 1.96. The van der Waals surface area contributed by atoms with E-state index in [9.17, 15) is 0 Å². The lowest BCUT2D eigenvalue weighted by atomic mass is 9.90. The number of rotatable bonds is 5. The Morgan fingerprint density at radius 2 is 0.977 bits per heavy atom. The van der Waals surface area contributed by atoms with Crippen LogP contribution < -0.4 is 0 Å². The van der Waals surface area contributed by atoms with Crippen LogP contribution in [0.4, 0.5) is 11.4 Å². The smallest absolute Gasteiger partial charge is 0.129 e. The van der Waals surface area contributed by atoms with Crippen LogP contribution in [0.15, 0.2) is 127 Å². The molecule has 0 radical (unpaired) electrons. The summed E-state index contributed by atoms with van der Waals surface area (Å²) in [6, 6.07) is 36.7. The molecule has 5 aromatic rings. The third kappa shape index (κ3) is 7.12. The van der Waals surface area contributed by atoms with Crippen LogP contribution in [-0.4, -0.2) is 21.6 Å². The molecule has 0 aromatic heterocycles. The zero-order valence-electron chi connectivity index (χ0n) is 23.6. The standard InChI is InChI=1S/C36H27Br3N2S2/c1-22-8-12-25(13-9-22)29-18-27(24-6-4-3-5-7-24)19-30(26-14-10-23(2)11-15-26)33(29)40-35-36(43-17-16-42-35)41-34-31(38)20-28(37)21-32(34)39/h3-15,18-21H,16-17H2,1-2H3. The van der Waals surface area contributed by atoms with E-state index in [-0.39, 0.29) is 0 Å². The van der Waals surface area contributed by atoms with Crippen LogP contribution in [0.1, 0.15) is 11.1 Å². The number of nitrogens with zero attached hydrogens (tertiary/aromatic N) is 2. The van der Waals surface area contributed by atoms with E-state index in [4.69, 9.17) is 9.98 Å². The van der Waals surface area contributed by atoms with Gasteiger partial charge in [-0.05, 0) is 92.2 Å². The maximum atomic E-state index is 5.49. The molecule has 0 N–H and O–H groups in total. The summed E-state index contributed by atoms with van der Waals surface area (Å²) in [6.45, 7) is 4.25. The van der Waals surface area contributed by atoms with Crippen molar-refractivity contribution in [2.45, 2.75) is 13.8 Å². The molecule has 0 unspecified atom stereocenters. The molecule has 5 aromatic carbocycles. The summed E-state index contributed by atoms with van der Waals surface area (Å²) in [7, 11) is 0. The van der Waals surface area contributed by atoms with Crippen LogP contribution in [0.5, 0.6) is 0 Å². The third-order valence-corrected chi connectivity index (χ3v) is 11.1. The minimum Gasteiger partial charge on any atom is -0.238 e. The van der Waals surface area contributed by atoms with Gasteiger partial charge in [-0.3, -0.25) is 0 Å². The molecule has 0 bridgehead atoms. The molecule has 1 aliphatic heterocycles. The number of thioether (sulfide) groups is 2. The van der Waals surface area contributed by atoms with Crippen molar-refractivity contribution < 1.29 is 0 Å². The van der Waals surface area contributed by atoms with Crippen molar-refractivity contribution in [3.05, 3.63) is 128 Å². The predicted octanol–water partition coefficient (Wildman–Crippen LogP) is 12.8. The maximum absolute atomic E-state index is 5.49. The van der Waals surface area contributed by atoms with E-state index >= 15 is 0 Å². The van der Waals surface area contributed by atoms with Crippen molar-refractivity contribution in [2.24, 2.45) is 9.98 Å². The van der Waals surface area contributed by atoms with Crippen molar-refractivity contribution >= 4 is 92.8 Å². The van der Waals surface area contributed by atoms with Gasteiger partial charge in [0.15, 0.2) is 0 Å². The Kier molecular flexibility index (Phi) is 9.75. The highest BCUT2D eigenvalue weighted by molar-refractivity contribution is 9.11. The molecule has 43 heavy (non-hydrogen) atoms. The van der Waals surface area contributed by atoms with E-state index < -0.39 is 0 Å². The largest absolute Gasteiger partial charge is 0.238 e. The highest BCUT2D eigenvalue weighted by atomic mass is 79.9. The molecule has 1 saturated heterocycles. The second kappa shape index (κ2) is 13.7. The van der Waals surface area contributed by atoms with Gasteiger partial charge in [0.2, 0.25) is 0 Å². The van der Waals surface area contributed by atoms with Crippen LogP contribution in [0.3, 0.4) is 0 Å². The van der Waals surface area contributed by atoms with Crippen molar-refractivity contribution in [1.29, 1.82) is 0 Å². The summed E-state index contributed by atoms with van der Waals surface area (Å²) in [6.07, 6.45) is 0. The minimum atomic E-state index is 0.859. The van der Waals surface area contributed by atoms with Gasteiger partial charge in [-0.15, -0.1) is 23.5 Å². The molecule has 0 amide bonds. The number of hydrogen-bond acceptors (Lipinski definition) is 4. The molecule has 1 heterocycles. The second-order valence-corrected chi connectivity index (χ2v) is 15.1. The highest BCUT2D eigenvalue weighted by Gasteiger charge is 2.22. The molecule has 6 rings (SSSR count). The highest BCUT2D eigenvalue weighted by Crippen LogP contribution is 2.45. The van der Waals surface area contributed by atoms with E-state index in [1.807, 2.05) is 12.1 Å². The Balaban J connectivity index is 1.62. The fourth-order valence-electron chi connectivity index (χ4n) is 4.86. The lowest BCUT2D eigenvalue weighted by Crippen LogP contribution is -2.14. The summed E-state index contributed by atoms with van der Waals surface area (Å²) in [5.41, 5.74) is 11.1. The molecule has 2 nitrogen and oxygen atoms in total. The van der Waals surface area contributed by atoms with E-state index in [2.05, 4.69) is 153 Å². The van der Waals surface area contributed by atoms with Crippen LogP contribution in [0.25, 0.3) is 33.4 Å². The van der Waals surface area contributed by atoms with Gasteiger partial charge in [-0.25, -0.2) is 9.98 Å². The van der Waals surface area contributed by atoms with Crippen molar-refractivity contribution in [2.75, 3.05) is 11.5 Å². The lowest BCUT2D eigenvalue weighted by Gasteiger charge is -2.20. The number of aryl methyl sites for hydroxylation is 2. The van der Waals surface area contributed by atoms with Gasteiger partial charge in [0.05, 0.1) is 11.4 Å². The molecular formula is C36H27Br3N2S2. The van der Waals surface area contributed by atoms with Gasteiger partial charge in [-0.2, -0.15) is 0 Å². The molecule has 0 atom stereocenters. The molecule has 1 fully saturated rings. The second-order valence-electron chi connectivity index (χ2n) is 10.3. The normalized spacial score (nSPS) is 15.3. The Hall–Kier alpha value is -2.42. The van der Waals surface area contributed by atoms with Gasteiger partial charge in [0.1, 0.15) is 10.1 Å². The molecule has 7 heteroatoms. The van der Waals surface area contributed by atoms with Crippen molar-refractivity contribution in [3.63, 3.8) is 0 Å². The first-order chi connectivity index (χ1) is 20.9. The zero-order valence-corrected chi connectivity index (χ0v) is 30.0. The molecule has 0 saturated carbocycles. The Morgan fingerprint density at radius 1 is 0.512 bits per heavy atom. The predicted molar refractivity (Wildman–Crippen MR) is 201 cm³/mol. The summed E-state index contributed by atoms with van der Waals surface area (Å²) < 4.78 is 2.83. The average Bonchev–Trinajstić information content (AvgIpc) is 3.01. The number of hydrogen-bond donors (Lipinski definition) is 0. The van der Waals surface area contributed by atoms with Gasteiger partial charge in [0, 0.05) is 36.1 Å². The first-order valence-electron chi connectivity index (χ1n) is 13.8. The van der Waals surface area contributed by atoms with Gasteiger partial charge >= 0.3 is 0 Å². The molecule has 214 valence electrons. The third-order valence-electron chi connectivity index (χ3n) is 7.09. The van der Waals surface area contributed by atoms with E-state index in [0.29, 0.717) is 0 Å². The Labute approximate surface area is 286 Å². The minimum absolute atomic E-state index is 0.859. The summed E-state index contributed by atoms with van der Waals surface area (Å²) >= 11 is 14.5. The summed E-state index contributed by atoms with van der Waals surface area (Å²) in [5, 5.41) is 1.86. The molecule has 0 aliphatic carbocycles. The van der Waals surface area contributed by atoms with E-state index in [1.165, 1.54) is 16.7 Å². The number of halogens is 3. The zero-order chi connectivity index (χ0) is 29.9. The van der Waals surface area contributed by atoms with Crippen molar-refractivity contribution in [3.8, 4) is 33.4 Å². The van der Waals surface area contributed by atoms with Gasteiger partial charge in [-0.1, -0.05) is 106 Å². The molecule has 0 spiro atoms. The van der Waals surface area contributed by atoms with Gasteiger partial charge in [0.25, 0.3) is 0 Å². The lowest BCUT2D eigenvalue weighted by molar-refractivity contribution is 1.44. The van der Waals surface area contributed by atoms with Crippen LogP contribution in [-0.2, 0) is 0 Å². The number of aliphatic imine (C=N–C) groups is 2. The Bertz CT molecular complexity index is 1760.